The summed E-state index contributed by atoms with van der Waals surface area (Å²) in [6.07, 6.45) is 0. The van der Waals surface area contributed by atoms with Crippen LogP contribution in [0.5, 0.6) is 0 Å². The lowest BCUT2D eigenvalue weighted by atomic mass is 9.82. The Morgan fingerprint density at radius 2 is 1.47 bits per heavy atom. The minimum absolute atomic E-state index is 0.0316. The Labute approximate surface area is 178 Å². The lowest BCUT2D eigenvalue weighted by Crippen LogP contribution is -2.50. The van der Waals surface area contributed by atoms with Crippen LogP contribution < -0.4 is 5.32 Å². The Morgan fingerprint density at radius 3 is 2.00 bits per heavy atom. The van der Waals surface area contributed by atoms with Gasteiger partial charge in [0, 0.05) is 5.02 Å². The Morgan fingerprint density at radius 1 is 0.867 bits per heavy atom. The fourth-order valence-corrected chi connectivity index (χ4v) is 3.78. The maximum Gasteiger partial charge on any atom is 0.337 e. The molecule has 0 bridgehead atoms. The van der Waals surface area contributed by atoms with Gasteiger partial charge in [0.1, 0.15) is 0 Å². The molecule has 30 heavy (non-hydrogen) atoms. The SMILES string of the molecule is COC(=O)C1=C(C(=O)OC)[C@](C(=O)OC)(c2ccc(Cl)cc2)N[C@H]1c1ccccc1. The highest BCUT2D eigenvalue weighted by Gasteiger charge is 2.58. The number of carbonyl (C=O) groups is 3. The molecule has 0 unspecified atom stereocenters. The molecule has 0 spiro atoms. The number of rotatable bonds is 5. The second-order valence-electron chi connectivity index (χ2n) is 6.51. The fraction of sp³-hybridized carbons (Fsp3) is 0.227. The van der Waals surface area contributed by atoms with Crippen molar-refractivity contribution in [1.29, 1.82) is 0 Å². The van der Waals surface area contributed by atoms with E-state index in [0.29, 0.717) is 16.1 Å². The fourth-order valence-electron chi connectivity index (χ4n) is 3.66. The van der Waals surface area contributed by atoms with Crippen LogP contribution in [0.2, 0.25) is 5.02 Å². The van der Waals surface area contributed by atoms with Gasteiger partial charge in [0.2, 0.25) is 0 Å². The minimum atomic E-state index is -1.81. The van der Waals surface area contributed by atoms with Crippen LogP contribution in [0.15, 0.2) is 65.7 Å². The van der Waals surface area contributed by atoms with Crippen LogP contribution >= 0.6 is 11.6 Å². The second kappa shape index (κ2) is 8.69. The molecule has 156 valence electrons. The summed E-state index contributed by atoms with van der Waals surface area (Å²) in [7, 11) is 3.57. The first-order valence-corrected chi connectivity index (χ1v) is 9.36. The largest absolute Gasteiger partial charge is 0.467 e. The van der Waals surface area contributed by atoms with Crippen LogP contribution in [0.4, 0.5) is 0 Å². The van der Waals surface area contributed by atoms with Crippen molar-refractivity contribution in [3.8, 4) is 0 Å². The van der Waals surface area contributed by atoms with E-state index in [-0.39, 0.29) is 11.1 Å². The monoisotopic (exact) mass is 429 g/mol. The first-order valence-electron chi connectivity index (χ1n) is 8.99. The van der Waals surface area contributed by atoms with Crippen LogP contribution in [0.1, 0.15) is 17.2 Å². The molecule has 2 aromatic rings. The van der Waals surface area contributed by atoms with E-state index in [2.05, 4.69) is 5.32 Å². The number of esters is 3. The highest BCUT2D eigenvalue weighted by Crippen LogP contribution is 2.46. The average molecular weight is 430 g/mol. The molecular formula is C22H20ClNO6. The van der Waals surface area contributed by atoms with Crippen molar-refractivity contribution in [3.63, 3.8) is 0 Å². The van der Waals surface area contributed by atoms with Gasteiger partial charge in [-0.25, -0.2) is 14.4 Å². The topological polar surface area (TPSA) is 90.9 Å². The summed E-state index contributed by atoms with van der Waals surface area (Å²) in [6.45, 7) is 0. The Hall–Kier alpha value is -3.16. The summed E-state index contributed by atoms with van der Waals surface area (Å²) in [5, 5.41) is 3.58. The number of ether oxygens (including phenoxy) is 3. The van der Waals surface area contributed by atoms with Gasteiger partial charge in [0.25, 0.3) is 0 Å². The number of hydrogen-bond acceptors (Lipinski definition) is 7. The molecule has 1 aliphatic rings. The van der Waals surface area contributed by atoms with E-state index < -0.39 is 29.5 Å². The quantitative estimate of drug-likeness (QED) is 0.577. The predicted octanol–water partition coefficient (Wildman–Crippen LogP) is 2.70. The zero-order chi connectivity index (χ0) is 21.9. The van der Waals surface area contributed by atoms with Crippen molar-refractivity contribution < 1.29 is 28.6 Å². The third kappa shape index (κ3) is 3.46. The Balaban J connectivity index is 2.39. The maximum absolute atomic E-state index is 13.2. The first kappa shape index (κ1) is 21.5. The first-order chi connectivity index (χ1) is 14.4. The van der Waals surface area contributed by atoms with E-state index in [0.717, 1.165) is 0 Å². The maximum atomic E-state index is 13.2. The predicted molar refractivity (Wildman–Crippen MR) is 109 cm³/mol. The van der Waals surface area contributed by atoms with Gasteiger partial charge in [-0.1, -0.05) is 54.1 Å². The molecule has 0 radical (unpaired) electrons. The van der Waals surface area contributed by atoms with E-state index in [4.69, 9.17) is 25.8 Å². The van der Waals surface area contributed by atoms with Gasteiger partial charge in [-0.2, -0.15) is 0 Å². The molecule has 7 nitrogen and oxygen atoms in total. The molecule has 0 fully saturated rings. The van der Waals surface area contributed by atoms with Crippen molar-refractivity contribution in [1.82, 2.24) is 5.32 Å². The van der Waals surface area contributed by atoms with E-state index in [1.165, 1.54) is 21.3 Å². The zero-order valence-electron chi connectivity index (χ0n) is 16.6. The third-order valence-corrected chi connectivity index (χ3v) is 5.24. The lowest BCUT2D eigenvalue weighted by Gasteiger charge is -2.30. The molecule has 2 atom stereocenters. The number of methoxy groups -OCH3 is 3. The standard InChI is InChI=1S/C22H20ClNO6/c1-28-19(25)16-17(20(26)29-2)22(21(27)30-3,14-9-11-15(23)12-10-14)24-18(16)13-7-5-4-6-8-13/h4-12,18,24H,1-3H3/t18-,22-/m0/s1. The second-order valence-corrected chi connectivity index (χ2v) is 6.94. The molecule has 1 heterocycles. The van der Waals surface area contributed by atoms with Crippen molar-refractivity contribution in [3.05, 3.63) is 81.9 Å². The molecule has 8 heteroatoms. The molecule has 3 rings (SSSR count). The Kier molecular flexibility index (Phi) is 6.24. The average Bonchev–Trinajstić information content (AvgIpc) is 3.15. The molecule has 1 aliphatic heterocycles. The highest BCUT2D eigenvalue weighted by molar-refractivity contribution is 6.30. The zero-order valence-corrected chi connectivity index (χ0v) is 17.4. The summed E-state index contributed by atoms with van der Waals surface area (Å²) >= 11 is 6.02. The van der Waals surface area contributed by atoms with Crippen molar-refractivity contribution >= 4 is 29.5 Å². The van der Waals surface area contributed by atoms with Gasteiger partial charge in [-0.05, 0) is 23.3 Å². The molecule has 0 saturated carbocycles. The van der Waals surface area contributed by atoms with Crippen LogP contribution in [0.25, 0.3) is 0 Å². The molecule has 0 aliphatic carbocycles. The smallest absolute Gasteiger partial charge is 0.337 e. The third-order valence-electron chi connectivity index (χ3n) is 4.99. The summed E-state index contributed by atoms with van der Waals surface area (Å²) in [6, 6.07) is 14.4. The number of halogens is 1. The van der Waals surface area contributed by atoms with Gasteiger partial charge < -0.3 is 14.2 Å². The van der Waals surface area contributed by atoms with Gasteiger partial charge in [0.15, 0.2) is 5.54 Å². The summed E-state index contributed by atoms with van der Waals surface area (Å²) in [5.41, 5.74) is -1.02. The molecule has 0 amide bonds. The van der Waals surface area contributed by atoms with E-state index in [9.17, 15) is 14.4 Å². The number of nitrogens with one attached hydrogen (secondary N) is 1. The van der Waals surface area contributed by atoms with E-state index in [1.807, 2.05) is 6.07 Å². The van der Waals surface area contributed by atoms with Crippen molar-refractivity contribution in [2.24, 2.45) is 0 Å². The van der Waals surface area contributed by atoms with Crippen LogP contribution in [-0.2, 0) is 34.1 Å². The van der Waals surface area contributed by atoms with Gasteiger partial charge >= 0.3 is 17.9 Å². The Bertz CT molecular complexity index is 1000. The molecule has 0 aromatic heterocycles. The molecular weight excluding hydrogens is 410 g/mol. The van der Waals surface area contributed by atoms with Crippen LogP contribution in [-0.4, -0.2) is 39.2 Å². The number of benzene rings is 2. The molecule has 2 aromatic carbocycles. The van der Waals surface area contributed by atoms with E-state index >= 15 is 0 Å². The minimum Gasteiger partial charge on any atom is -0.467 e. The summed E-state index contributed by atoms with van der Waals surface area (Å²) in [5.74, 6) is -2.41. The van der Waals surface area contributed by atoms with Gasteiger partial charge in [-0.15, -0.1) is 0 Å². The normalized spacial score (nSPS) is 20.6. The lowest BCUT2D eigenvalue weighted by molar-refractivity contribution is -0.150. The summed E-state index contributed by atoms with van der Waals surface area (Å²) < 4.78 is 15.0. The molecule has 1 N–H and O–H groups in total. The van der Waals surface area contributed by atoms with Gasteiger partial charge in [0.05, 0.1) is 38.5 Å². The van der Waals surface area contributed by atoms with Crippen LogP contribution in [0, 0.1) is 0 Å². The summed E-state index contributed by atoms with van der Waals surface area (Å²) in [4.78, 5) is 38.9. The van der Waals surface area contributed by atoms with Crippen LogP contribution in [0.3, 0.4) is 0 Å². The van der Waals surface area contributed by atoms with Crippen molar-refractivity contribution in [2.75, 3.05) is 21.3 Å². The van der Waals surface area contributed by atoms with E-state index in [1.54, 1.807) is 48.5 Å². The van der Waals surface area contributed by atoms with Crippen molar-refractivity contribution in [2.45, 2.75) is 11.6 Å². The highest BCUT2D eigenvalue weighted by atomic mass is 35.5. The van der Waals surface area contributed by atoms with Gasteiger partial charge in [-0.3, -0.25) is 5.32 Å². The molecule has 0 saturated heterocycles. The number of hydrogen-bond donors (Lipinski definition) is 1. The number of carbonyl (C=O) groups excluding carboxylic acids is 3.